The molecule has 2 heterocycles. The van der Waals surface area contributed by atoms with Crippen LogP contribution in [0.1, 0.15) is 45.4 Å². The molecule has 25 heavy (non-hydrogen) atoms. The van der Waals surface area contributed by atoms with Gasteiger partial charge in [-0.05, 0) is 37.1 Å². The number of carbonyl (C=O) groups is 2. The Morgan fingerprint density at radius 2 is 2.00 bits per heavy atom. The molecular formula is C15H14F2N4O3S. The van der Waals surface area contributed by atoms with E-state index in [9.17, 15) is 18.4 Å². The Balaban J connectivity index is 1.81. The fourth-order valence-electron chi connectivity index (χ4n) is 2.87. The van der Waals surface area contributed by atoms with Crippen LogP contribution in [0.2, 0.25) is 0 Å². The van der Waals surface area contributed by atoms with E-state index in [0.29, 0.717) is 41.6 Å². The standard InChI is InChI=1S/C15H14F2N4O3S/c16-15(17)25-9-5-3-8(4-6-9)13(22)21-7-1-2-10(21)11-12(14(23)24)19-20-18-11/h3-6,10,15H,1-2,7H2,(H,23,24)(H,18,19,20). The van der Waals surface area contributed by atoms with E-state index in [-0.39, 0.29) is 17.3 Å². The van der Waals surface area contributed by atoms with Crippen LogP contribution in [0.5, 0.6) is 0 Å². The number of aromatic nitrogens is 3. The number of H-pyrrole nitrogens is 1. The van der Waals surface area contributed by atoms with Gasteiger partial charge in [0, 0.05) is 17.0 Å². The summed E-state index contributed by atoms with van der Waals surface area (Å²) in [4.78, 5) is 25.9. The molecule has 132 valence electrons. The summed E-state index contributed by atoms with van der Waals surface area (Å²) in [6, 6.07) is 5.43. The summed E-state index contributed by atoms with van der Waals surface area (Å²) in [6.45, 7) is 0.461. The van der Waals surface area contributed by atoms with E-state index in [0.717, 1.165) is 0 Å². The summed E-state index contributed by atoms with van der Waals surface area (Å²) in [5.74, 6) is -4.03. The lowest BCUT2D eigenvalue weighted by molar-refractivity contribution is 0.0671. The Bertz CT molecular complexity index is 781. The van der Waals surface area contributed by atoms with Crippen molar-refractivity contribution in [2.45, 2.75) is 29.5 Å². The van der Waals surface area contributed by atoms with E-state index in [1.807, 2.05) is 0 Å². The van der Waals surface area contributed by atoms with Crippen LogP contribution in [0.3, 0.4) is 0 Å². The molecule has 0 saturated carbocycles. The molecule has 1 unspecified atom stereocenters. The number of nitrogens with one attached hydrogen (secondary N) is 1. The number of hydrogen-bond donors (Lipinski definition) is 2. The minimum absolute atomic E-state index is 0.201. The van der Waals surface area contributed by atoms with Crippen molar-refractivity contribution in [2.75, 3.05) is 6.54 Å². The van der Waals surface area contributed by atoms with Gasteiger partial charge in [-0.25, -0.2) is 4.79 Å². The average Bonchev–Trinajstić information content (AvgIpc) is 3.23. The number of hydrogen-bond acceptors (Lipinski definition) is 5. The molecule has 2 N–H and O–H groups in total. The molecule has 3 rings (SSSR count). The number of aromatic amines is 1. The van der Waals surface area contributed by atoms with Gasteiger partial charge in [0.25, 0.3) is 11.7 Å². The molecule has 0 bridgehead atoms. The molecule has 1 saturated heterocycles. The van der Waals surface area contributed by atoms with Gasteiger partial charge in [0.05, 0.1) is 6.04 Å². The lowest BCUT2D eigenvalue weighted by atomic mass is 10.1. The molecule has 1 aromatic carbocycles. The van der Waals surface area contributed by atoms with Gasteiger partial charge in [-0.2, -0.15) is 19.1 Å². The Morgan fingerprint density at radius 3 is 2.64 bits per heavy atom. The molecular weight excluding hydrogens is 354 g/mol. The third kappa shape index (κ3) is 3.63. The van der Waals surface area contributed by atoms with Gasteiger partial charge in [-0.3, -0.25) is 4.79 Å². The van der Waals surface area contributed by atoms with Crippen LogP contribution in [-0.2, 0) is 0 Å². The fraction of sp³-hybridized carbons (Fsp3) is 0.333. The average molecular weight is 368 g/mol. The number of carbonyl (C=O) groups excluding carboxylic acids is 1. The van der Waals surface area contributed by atoms with Gasteiger partial charge in [0.15, 0.2) is 5.69 Å². The highest BCUT2D eigenvalue weighted by molar-refractivity contribution is 7.99. The second-order valence-corrected chi connectivity index (χ2v) is 6.49. The zero-order valence-corrected chi connectivity index (χ0v) is 13.7. The van der Waals surface area contributed by atoms with Crippen molar-refractivity contribution >= 4 is 23.6 Å². The number of carboxylic acids is 1. The molecule has 1 fully saturated rings. The fourth-order valence-corrected chi connectivity index (χ4v) is 3.37. The third-order valence-electron chi connectivity index (χ3n) is 3.93. The SMILES string of the molecule is O=C(O)c1n[nH]nc1C1CCCN1C(=O)c1ccc(SC(F)F)cc1. The smallest absolute Gasteiger partial charge is 0.358 e. The maximum Gasteiger partial charge on any atom is 0.358 e. The minimum atomic E-state index is -2.52. The number of likely N-dealkylation sites (tertiary alicyclic amines) is 1. The van der Waals surface area contributed by atoms with Crippen LogP contribution in [0, 0.1) is 0 Å². The number of carboxylic acid groups (broad SMARTS) is 1. The van der Waals surface area contributed by atoms with Crippen molar-refractivity contribution in [2.24, 2.45) is 0 Å². The van der Waals surface area contributed by atoms with Crippen LogP contribution >= 0.6 is 11.8 Å². The molecule has 1 aromatic heterocycles. The first-order chi connectivity index (χ1) is 12.0. The highest BCUT2D eigenvalue weighted by Crippen LogP contribution is 2.33. The molecule has 7 nitrogen and oxygen atoms in total. The van der Waals surface area contributed by atoms with Crippen molar-refractivity contribution in [1.29, 1.82) is 0 Å². The molecule has 10 heteroatoms. The van der Waals surface area contributed by atoms with Crippen molar-refractivity contribution in [1.82, 2.24) is 20.3 Å². The predicted molar refractivity (Wildman–Crippen MR) is 84.7 cm³/mol. The number of rotatable bonds is 5. The number of amides is 1. The summed E-state index contributed by atoms with van der Waals surface area (Å²) in [7, 11) is 0. The van der Waals surface area contributed by atoms with Gasteiger partial charge < -0.3 is 10.0 Å². The summed E-state index contributed by atoms with van der Waals surface area (Å²) in [6.07, 6.45) is 1.29. The lowest BCUT2D eigenvalue weighted by Crippen LogP contribution is -2.31. The van der Waals surface area contributed by atoms with Gasteiger partial charge in [-0.1, -0.05) is 11.8 Å². The second-order valence-electron chi connectivity index (χ2n) is 5.42. The Labute approximate surface area is 145 Å². The van der Waals surface area contributed by atoms with Crippen molar-refractivity contribution in [3.05, 3.63) is 41.2 Å². The number of aromatic carboxylic acids is 1. The molecule has 0 radical (unpaired) electrons. The Morgan fingerprint density at radius 1 is 1.28 bits per heavy atom. The highest BCUT2D eigenvalue weighted by atomic mass is 32.2. The zero-order chi connectivity index (χ0) is 18.0. The summed E-state index contributed by atoms with van der Waals surface area (Å²) >= 11 is 0.409. The summed E-state index contributed by atoms with van der Waals surface area (Å²) in [5.41, 5.74) is 0.377. The van der Waals surface area contributed by atoms with Crippen LogP contribution in [0.4, 0.5) is 8.78 Å². The monoisotopic (exact) mass is 368 g/mol. The lowest BCUT2D eigenvalue weighted by Gasteiger charge is -2.23. The molecule has 1 amide bonds. The first-order valence-electron chi connectivity index (χ1n) is 7.47. The molecule has 0 spiro atoms. The number of nitrogens with zero attached hydrogens (tertiary/aromatic N) is 3. The molecule has 1 aliphatic heterocycles. The van der Waals surface area contributed by atoms with Crippen molar-refractivity contribution in [3.8, 4) is 0 Å². The van der Waals surface area contributed by atoms with Crippen LogP contribution in [-0.4, -0.2) is 49.6 Å². The van der Waals surface area contributed by atoms with Gasteiger partial charge in [-0.15, -0.1) is 5.10 Å². The Hall–Kier alpha value is -2.49. The third-order valence-corrected chi connectivity index (χ3v) is 4.66. The van der Waals surface area contributed by atoms with E-state index in [1.54, 1.807) is 4.90 Å². The molecule has 1 aliphatic rings. The van der Waals surface area contributed by atoms with Crippen LogP contribution in [0.15, 0.2) is 29.2 Å². The Kier molecular flexibility index (Phi) is 4.98. The van der Waals surface area contributed by atoms with E-state index in [1.165, 1.54) is 24.3 Å². The largest absolute Gasteiger partial charge is 0.476 e. The second kappa shape index (κ2) is 7.18. The predicted octanol–water partition coefficient (Wildman–Crippen LogP) is 2.79. The van der Waals surface area contributed by atoms with Gasteiger partial charge >= 0.3 is 5.97 Å². The summed E-state index contributed by atoms with van der Waals surface area (Å²) < 4.78 is 24.7. The van der Waals surface area contributed by atoms with Crippen molar-refractivity contribution < 1.29 is 23.5 Å². The summed E-state index contributed by atoms with van der Waals surface area (Å²) in [5, 5.41) is 19.0. The van der Waals surface area contributed by atoms with Crippen LogP contribution < -0.4 is 0 Å². The zero-order valence-electron chi connectivity index (χ0n) is 12.9. The maximum atomic E-state index is 12.7. The maximum absolute atomic E-state index is 12.7. The molecule has 0 aliphatic carbocycles. The van der Waals surface area contributed by atoms with Crippen molar-refractivity contribution in [3.63, 3.8) is 0 Å². The van der Waals surface area contributed by atoms with E-state index < -0.39 is 17.8 Å². The van der Waals surface area contributed by atoms with Gasteiger partial charge in [0.2, 0.25) is 0 Å². The topological polar surface area (TPSA) is 99.2 Å². The molecule has 2 aromatic rings. The normalized spacial score (nSPS) is 17.2. The highest BCUT2D eigenvalue weighted by Gasteiger charge is 2.35. The molecule has 1 atom stereocenters. The van der Waals surface area contributed by atoms with Crippen LogP contribution in [0.25, 0.3) is 0 Å². The van der Waals surface area contributed by atoms with E-state index >= 15 is 0 Å². The van der Waals surface area contributed by atoms with Gasteiger partial charge in [0.1, 0.15) is 5.69 Å². The number of alkyl halides is 2. The first-order valence-corrected chi connectivity index (χ1v) is 8.35. The number of halogens is 2. The minimum Gasteiger partial charge on any atom is -0.476 e. The van der Waals surface area contributed by atoms with E-state index in [2.05, 4.69) is 15.4 Å². The van der Waals surface area contributed by atoms with E-state index in [4.69, 9.17) is 5.11 Å². The quantitative estimate of drug-likeness (QED) is 0.788. The number of thioether (sulfide) groups is 1. The number of benzene rings is 1. The first kappa shape index (κ1) is 17.3.